The van der Waals surface area contributed by atoms with E-state index in [9.17, 15) is 9.59 Å². The molecular formula is C30H34O4S10. The molecule has 1 aromatic rings. The SMILES string of the molecule is CCCCCCSC1=C(SCCCCCC)SC(=C2SC3=C(S2)SC(=C2Sc4c(OC(C)=O)ccc(OC(C)=O)c4S2)S3)S1. The van der Waals surface area contributed by atoms with E-state index >= 15 is 0 Å². The molecule has 44 heavy (non-hydrogen) atoms. The summed E-state index contributed by atoms with van der Waals surface area (Å²) in [7, 11) is 0. The van der Waals surface area contributed by atoms with Crippen LogP contribution in [0, 0.1) is 0 Å². The van der Waals surface area contributed by atoms with E-state index in [4.69, 9.17) is 9.47 Å². The molecule has 0 amide bonds. The summed E-state index contributed by atoms with van der Waals surface area (Å²) in [5.41, 5.74) is 0. The average molecular weight is 779 g/mol. The Hall–Kier alpha value is 0.620. The second kappa shape index (κ2) is 17.9. The van der Waals surface area contributed by atoms with Gasteiger partial charge < -0.3 is 9.47 Å². The van der Waals surface area contributed by atoms with E-state index in [1.54, 1.807) is 35.7 Å². The van der Waals surface area contributed by atoms with Gasteiger partial charge in [-0.2, -0.15) is 0 Å². The van der Waals surface area contributed by atoms with Gasteiger partial charge in [0.25, 0.3) is 0 Å². The highest BCUT2D eigenvalue weighted by Crippen LogP contribution is 2.73. The minimum atomic E-state index is -0.369. The van der Waals surface area contributed by atoms with Gasteiger partial charge in [-0.15, -0.1) is 23.5 Å². The minimum absolute atomic E-state index is 0.369. The summed E-state index contributed by atoms with van der Waals surface area (Å²) in [4.78, 5) is 25.1. The zero-order valence-corrected chi connectivity index (χ0v) is 33.1. The third kappa shape index (κ3) is 9.62. The standard InChI is InChI=1S/C30H34O4S10/c1-5-7-9-11-15-35-23-24(36-16-12-10-8-6-2)40-27(39-23)28-43-29-30(44-28)42-26(41-29)25-37-21-19(33-17(3)31)13-14-20(22(21)38-25)34-18(4)32/h13-14H,5-12,15-16H2,1-4H3. The van der Waals surface area contributed by atoms with Gasteiger partial charge in [-0.3, -0.25) is 9.59 Å². The predicted octanol–water partition coefficient (Wildman–Crippen LogP) is 13.3. The Morgan fingerprint density at radius 3 is 1.27 bits per heavy atom. The lowest BCUT2D eigenvalue weighted by atomic mass is 10.2. The Labute approximate surface area is 303 Å². The van der Waals surface area contributed by atoms with Gasteiger partial charge in [-0.1, -0.05) is 146 Å². The number of esters is 2. The van der Waals surface area contributed by atoms with E-state index in [2.05, 4.69) is 37.4 Å². The normalized spacial score (nSPS) is 17.7. The molecule has 1 aromatic carbocycles. The summed E-state index contributed by atoms with van der Waals surface area (Å²) in [6.45, 7) is 7.35. The number of thioether (sulfide) groups is 10. The van der Waals surface area contributed by atoms with Crippen molar-refractivity contribution in [2.75, 3.05) is 11.5 Å². The second-order valence-electron chi connectivity index (χ2n) is 9.84. The number of hydrogen-bond donors (Lipinski definition) is 0. The lowest BCUT2D eigenvalue weighted by Gasteiger charge is -2.09. The third-order valence-electron chi connectivity index (χ3n) is 6.18. The van der Waals surface area contributed by atoms with Gasteiger partial charge >= 0.3 is 11.9 Å². The van der Waals surface area contributed by atoms with Gasteiger partial charge in [0.2, 0.25) is 0 Å². The van der Waals surface area contributed by atoms with Crippen molar-refractivity contribution in [3.05, 3.63) is 46.0 Å². The van der Waals surface area contributed by atoms with E-state index in [-0.39, 0.29) is 11.9 Å². The zero-order chi connectivity index (χ0) is 31.1. The number of hydrogen-bond acceptors (Lipinski definition) is 14. The molecule has 0 saturated carbocycles. The van der Waals surface area contributed by atoms with E-state index < -0.39 is 0 Å². The van der Waals surface area contributed by atoms with Crippen molar-refractivity contribution >= 4 is 130 Å². The summed E-state index contributed by atoms with van der Waals surface area (Å²) < 4.78 is 21.9. The molecule has 0 N–H and O–H groups in total. The number of carbonyl (C=O) groups excluding carboxylic acids is 2. The zero-order valence-electron chi connectivity index (χ0n) is 24.9. The van der Waals surface area contributed by atoms with Crippen molar-refractivity contribution < 1.29 is 19.1 Å². The van der Waals surface area contributed by atoms with Crippen molar-refractivity contribution in [1.29, 1.82) is 0 Å². The summed E-state index contributed by atoms with van der Waals surface area (Å²) in [6, 6.07) is 3.41. The van der Waals surface area contributed by atoms with Gasteiger partial charge in [0.05, 0.1) is 43.7 Å². The molecule has 14 heteroatoms. The molecule has 4 heterocycles. The Morgan fingerprint density at radius 2 is 0.909 bits per heavy atom. The van der Waals surface area contributed by atoms with Crippen LogP contribution in [-0.4, -0.2) is 23.4 Å². The Bertz CT molecular complexity index is 1320. The lowest BCUT2D eigenvalue weighted by Crippen LogP contribution is -2.05. The van der Waals surface area contributed by atoms with Crippen molar-refractivity contribution in [2.45, 2.75) is 88.9 Å². The Morgan fingerprint density at radius 1 is 0.545 bits per heavy atom. The van der Waals surface area contributed by atoms with Crippen molar-refractivity contribution in [3.63, 3.8) is 0 Å². The average Bonchev–Trinajstić information content (AvgIpc) is 3.76. The molecular weight excluding hydrogens is 745 g/mol. The van der Waals surface area contributed by atoms with Gasteiger partial charge in [0.1, 0.15) is 11.5 Å². The molecule has 4 nitrogen and oxygen atoms in total. The highest BCUT2D eigenvalue weighted by atomic mass is 32.3. The highest BCUT2D eigenvalue weighted by molar-refractivity contribution is 8.50. The fraction of sp³-hybridized carbons (Fsp3) is 0.467. The predicted molar refractivity (Wildman–Crippen MR) is 208 cm³/mol. The van der Waals surface area contributed by atoms with Gasteiger partial charge in [-0.25, -0.2) is 0 Å². The largest absolute Gasteiger partial charge is 0.425 e. The van der Waals surface area contributed by atoms with Gasteiger partial charge in [-0.05, 0) is 36.5 Å². The number of benzene rings is 1. The van der Waals surface area contributed by atoms with Crippen LogP contribution in [0.5, 0.6) is 11.5 Å². The number of fused-ring (bicyclic) bond motifs is 1. The second-order valence-corrected chi connectivity index (χ2v) is 22.3. The minimum Gasteiger partial charge on any atom is -0.425 e. The topological polar surface area (TPSA) is 52.6 Å². The summed E-state index contributed by atoms with van der Waals surface area (Å²) in [5, 5.41) is 0. The number of carbonyl (C=O) groups is 2. The first-order chi connectivity index (χ1) is 21.4. The molecule has 0 atom stereocenters. The van der Waals surface area contributed by atoms with Crippen LogP contribution in [0.15, 0.2) is 55.8 Å². The third-order valence-corrected chi connectivity index (χ3v) is 21.2. The van der Waals surface area contributed by atoms with Gasteiger partial charge in [0.15, 0.2) is 0 Å². The first kappa shape index (κ1) is 35.9. The molecule has 4 aliphatic heterocycles. The van der Waals surface area contributed by atoms with Crippen molar-refractivity contribution in [2.24, 2.45) is 0 Å². The molecule has 5 rings (SSSR count). The fourth-order valence-electron chi connectivity index (χ4n) is 4.15. The van der Waals surface area contributed by atoms with E-state index in [1.807, 2.05) is 70.6 Å². The maximum absolute atomic E-state index is 11.7. The van der Waals surface area contributed by atoms with Crippen LogP contribution in [0.25, 0.3) is 0 Å². The quantitative estimate of drug-likeness (QED) is 0.102. The van der Waals surface area contributed by atoms with Crippen molar-refractivity contribution in [3.8, 4) is 11.5 Å². The molecule has 0 fully saturated rings. The maximum Gasteiger partial charge on any atom is 0.308 e. The monoisotopic (exact) mass is 778 g/mol. The van der Waals surface area contributed by atoms with Crippen LogP contribution in [0.2, 0.25) is 0 Å². The molecule has 238 valence electrons. The lowest BCUT2D eigenvalue weighted by molar-refractivity contribution is -0.133. The van der Waals surface area contributed by atoms with Crippen LogP contribution in [0.1, 0.15) is 79.1 Å². The molecule has 0 aliphatic carbocycles. The number of rotatable bonds is 14. The number of ether oxygens (including phenoxy) is 2. The molecule has 0 unspecified atom stereocenters. The molecule has 0 radical (unpaired) electrons. The van der Waals surface area contributed by atoms with Crippen LogP contribution in [-0.2, 0) is 9.59 Å². The van der Waals surface area contributed by atoms with Crippen molar-refractivity contribution in [1.82, 2.24) is 0 Å². The van der Waals surface area contributed by atoms with E-state index in [0.29, 0.717) is 11.5 Å². The van der Waals surface area contributed by atoms with Crippen LogP contribution in [0.3, 0.4) is 0 Å². The molecule has 0 bridgehead atoms. The molecule has 0 spiro atoms. The smallest absolute Gasteiger partial charge is 0.308 e. The Balaban J connectivity index is 1.24. The Kier molecular flexibility index (Phi) is 14.6. The first-order valence-corrected chi connectivity index (χ1v) is 23.1. The fourth-order valence-corrected chi connectivity index (χ4v) is 19.7. The maximum atomic E-state index is 11.7. The summed E-state index contributed by atoms with van der Waals surface area (Å²) in [5.74, 6) is 2.68. The van der Waals surface area contributed by atoms with Crippen LogP contribution < -0.4 is 9.47 Å². The van der Waals surface area contributed by atoms with E-state index in [0.717, 1.165) is 14.0 Å². The van der Waals surface area contributed by atoms with Crippen LogP contribution in [0.4, 0.5) is 0 Å². The molecule has 0 saturated heterocycles. The number of unbranched alkanes of at least 4 members (excludes halogenated alkanes) is 6. The van der Waals surface area contributed by atoms with Crippen LogP contribution >= 0.6 is 118 Å². The summed E-state index contributed by atoms with van der Waals surface area (Å²) in [6.07, 6.45) is 10.5. The van der Waals surface area contributed by atoms with Gasteiger partial charge in [0, 0.05) is 13.8 Å². The first-order valence-electron chi connectivity index (χ1n) is 14.6. The molecule has 0 aromatic heterocycles. The summed E-state index contributed by atoms with van der Waals surface area (Å²) >= 11 is 18.8. The highest BCUT2D eigenvalue weighted by Gasteiger charge is 2.38. The molecule has 4 aliphatic rings. The van der Waals surface area contributed by atoms with E-state index in [1.165, 1.54) is 106 Å².